The number of halogens is 1. The van der Waals surface area contributed by atoms with Crippen LogP contribution in [0.25, 0.3) is 6.08 Å². The van der Waals surface area contributed by atoms with Crippen molar-refractivity contribution in [3.63, 3.8) is 0 Å². The van der Waals surface area contributed by atoms with Crippen molar-refractivity contribution in [2.45, 2.75) is 13.1 Å². The van der Waals surface area contributed by atoms with E-state index in [-0.39, 0.29) is 29.6 Å². The molecule has 158 valence electrons. The van der Waals surface area contributed by atoms with Crippen LogP contribution < -0.4 is 5.23 Å². The Kier molecular flexibility index (Phi) is 9.45. The summed E-state index contributed by atoms with van der Waals surface area (Å²) in [5, 5.41) is 29.4. The van der Waals surface area contributed by atoms with Crippen LogP contribution in [0.5, 0.6) is 5.75 Å². The fourth-order valence-electron chi connectivity index (χ4n) is 2.83. The summed E-state index contributed by atoms with van der Waals surface area (Å²) in [5.41, 5.74) is 2.84. The quantitative estimate of drug-likeness (QED) is 0.344. The fraction of sp³-hybridized carbons (Fsp3) is 0.286. The summed E-state index contributed by atoms with van der Waals surface area (Å²) in [6.07, 6.45) is 3.11. The summed E-state index contributed by atoms with van der Waals surface area (Å²) in [5.74, 6) is 0.0366. The number of phenolic OH excluding ortho intramolecular Hbond substituents is 1. The van der Waals surface area contributed by atoms with Gasteiger partial charge in [0.15, 0.2) is 11.5 Å². The van der Waals surface area contributed by atoms with Gasteiger partial charge in [0.25, 0.3) is 0 Å². The van der Waals surface area contributed by atoms with E-state index >= 15 is 0 Å². The maximum absolute atomic E-state index is 12.7. The van der Waals surface area contributed by atoms with Gasteiger partial charge in [-0.05, 0) is 64.1 Å². The minimum atomic E-state index is -0.988. The highest BCUT2D eigenvalue weighted by Crippen LogP contribution is 2.27. The van der Waals surface area contributed by atoms with Gasteiger partial charge in [-0.3, -0.25) is 4.79 Å². The number of ketones is 1. The van der Waals surface area contributed by atoms with Gasteiger partial charge in [0.1, 0.15) is 5.75 Å². The van der Waals surface area contributed by atoms with Crippen molar-refractivity contribution in [1.29, 1.82) is 0 Å². The number of phenols is 1. The van der Waals surface area contributed by atoms with Crippen molar-refractivity contribution in [3.05, 3.63) is 69.9 Å². The van der Waals surface area contributed by atoms with Gasteiger partial charge in [-0.2, -0.15) is 5.23 Å². The van der Waals surface area contributed by atoms with Gasteiger partial charge in [-0.15, -0.1) is 12.4 Å². The molecule has 2 aromatic carbocycles. The Bertz CT molecular complexity index is 818. The average molecular weight is 422 g/mol. The number of benzene rings is 2. The van der Waals surface area contributed by atoms with Gasteiger partial charge < -0.3 is 20.1 Å². The predicted molar refractivity (Wildman–Crippen MR) is 116 cm³/mol. The number of carbonyl (C=O) groups is 1. The zero-order chi connectivity index (χ0) is 20.8. The minimum absolute atomic E-state index is 0. The van der Waals surface area contributed by atoms with E-state index in [0.717, 1.165) is 5.56 Å². The maximum atomic E-state index is 12.7. The van der Waals surface area contributed by atoms with Crippen LogP contribution in [0.1, 0.15) is 27.0 Å². The molecule has 1 atom stereocenters. The molecule has 0 saturated heterocycles. The molecule has 0 aliphatic heterocycles. The highest BCUT2D eigenvalue weighted by Gasteiger charge is 2.14. The number of allylic oxidation sites excluding steroid dienone is 1. The third-order valence-corrected chi connectivity index (χ3v) is 4.11. The number of nitrogens with one attached hydrogen (secondary N) is 1. The third-order valence-electron chi connectivity index (χ3n) is 4.11. The predicted octanol–water partition coefficient (Wildman–Crippen LogP) is 2.24. The first kappa shape index (κ1) is 24.8. The lowest BCUT2D eigenvalue weighted by Crippen LogP contribution is -2.99. The number of aromatic hydroxyl groups is 1. The van der Waals surface area contributed by atoms with Gasteiger partial charge >= 0.3 is 0 Å². The molecule has 0 aliphatic rings. The van der Waals surface area contributed by atoms with E-state index in [9.17, 15) is 15.1 Å². The summed E-state index contributed by atoms with van der Waals surface area (Å²) in [4.78, 5) is 16.6. The second-order valence-electron chi connectivity index (χ2n) is 7.24. The molecule has 0 aliphatic carbocycles. The lowest BCUT2D eigenvalue weighted by Gasteiger charge is -2.17. The van der Waals surface area contributed by atoms with Crippen molar-refractivity contribution in [2.75, 3.05) is 28.2 Å². The highest BCUT2D eigenvalue weighted by atomic mass is 35.5. The smallest absolute Gasteiger partial charge is 0.185 e. The van der Waals surface area contributed by atoms with Crippen molar-refractivity contribution in [2.24, 2.45) is 0 Å². The van der Waals surface area contributed by atoms with Gasteiger partial charge in [0, 0.05) is 41.9 Å². The molecule has 0 fully saturated rings. The third kappa shape index (κ3) is 7.25. The van der Waals surface area contributed by atoms with Gasteiger partial charge in [0.05, 0.1) is 0 Å². The molecular weight excluding hydrogens is 394 g/mol. The average Bonchev–Trinajstić information content (AvgIpc) is 2.62. The lowest BCUT2D eigenvalue weighted by atomic mass is 10.00. The van der Waals surface area contributed by atoms with Crippen LogP contribution in [0, 0.1) is 5.21 Å². The van der Waals surface area contributed by atoms with Crippen LogP contribution in [0.4, 0.5) is 5.69 Å². The maximum Gasteiger partial charge on any atom is 0.185 e. The van der Waals surface area contributed by atoms with Crippen LogP contribution in [0.3, 0.4) is 0 Å². The summed E-state index contributed by atoms with van der Waals surface area (Å²) in [6.45, 7) is 1.04. The first-order valence-corrected chi connectivity index (χ1v) is 8.87. The molecule has 8 heteroatoms. The molecule has 2 aromatic rings. The Morgan fingerprint density at radius 3 is 1.93 bits per heavy atom. The Hall–Kier alpha value is -2.26. The molecule has 1 unspecified atom stereocenters. The van der Waals surface area contributed by atoms with Crippen LogP contribution >= 0.6 is 12.4 Å². The SMILES string of the molecule is CN(C)Cc1cc(C(=O)/C=C/c2ccc([NH+]([O-])O)cc2)cc(CN(C)C)c1O.Cl. The Morgan fingerprint density at radius 1 is 1.03 bits per heavy atom. The Balaban J connectivity index is 0.00000420. The Labute approximate surface area is 177 Å². The van der Waals surface area contributed by atoms with Gasteiger partial charge in [-0.1, -0.05) is 6.08 Å². The van der Waals surface area contributed by atoms with Crippen molar-refractivity contribution < 1.29 is 20.3 Å². The second-order valence-corrected chi connectivity index (χ2v) is 7.24. The van der Waals surface area contributed by atoms with E-state index in [1.54, 1.807) is 30.3 Å². The van der Waals surface area contributed by atoms with E-state index < -0.39 is 5.23 Å². The van der Waals surface area contributed by atoms with E-state index in [4.69, 9.17) is 5.21 Å². The number of nitrogens with zero attached hydrogens (tertiary/aromatic N) is 2. The van der Waals surface area contributed by atoms with E-state index in [1.807, 2.05) is 38.0 Å². The summed E-state index contributed by atoms with van der Waals surface area (Å²) >= 11 is 0. The van der Waals surface area contributed by atoms with Crippen molar-refractivity contribution >= 4 is 30.0 Å². The van der Waals surface area contributed by atoms with E-state index in [1.165, 1.54) is 18.2 Å². The first-order chi connectivity index (χ1) is 13.2. The largest absolute Gasteiger partial charge is 0.595 e. The number of hydrogen-bond acceptors (Lipinski definition) is 6. The summed E-state index contributed by atoms with van der Waals surface area (Å²) in [7, 11) is 7.61. The molecule has 0 amide bonds. The molecule has 0 saturated carbocycles. The zero-order valence-corrected chi connectivity index (χ0v) is 17.9. The summed E-state index contributed by atoms with van der Waals surface area (Å²) < 4.78 is 0. The zero-order valence-electron chi connectivity index (χ0n) is 17.0. The Morgan fingerprint density at radius 2 is 1.52 bits per heavy atom. The van der Waals surface area contributed by atoms with Gasteiger partial charge in [0.2, 0.25) is 0 Å². The normalized spacial score (nSPS) is 12.4. The monoisotopic (exact) mass is 421 g/mol. The molecule has 0 bridgehead atoms. The van der Waals surface area contributed by atoms with E-state index in [2.05, 4.69) is 0 Å². The van der Waals surface area contributed by atoms with Crippen molar-refractivity contribution in [1.82, 2.24) is 9.80 Å². The molecule has 0 heterocycles. The van der Waals surface area contributed by atoms with Crippen molar-refractivity contribution in [3.8, 4) is 5.75 Å². The highest BCUT2D eigenvalue weighted by molar-refractivity contribution is 6.07. The van der Waals surface area contributed by atoms with Crippen LogP contribution in [-0.2, 0) is 13.1 Å². The van der Waals surface area contributed by atoms with Crippen LogP contribution in [0.2, 0.25) is 0 Å². The first-order valence-electron chi connectivity index (χ1n) is 8.87. The standard InChI is InChI=1S/C21H27N3O4.ClH/c1-22(2)13-17-11-16(12-18(21(17)26)14-23(3)4)20(25)10-7-15-5-8-19(9-6-15)24(27)28;/h5-12,24,26-27H,13-14H2,1-4H3;1H/b10-7+;. The molecule has 3 N–H and O–H groups in total. The van der Waals surface area contributed by atoms with Gasteiger partial charge in [-0.25, -0.2) is 5.21 Å². The molecule has 0 aromatic heterocycles. The number of carbonyl (C=O) groups excluding carboxylic acids is 1. The molecule has 0 spiro atoms. The molecular formula is C21H28ClN3O4. The lowest BCUT2D eigenvalue weighted by molar-refractivity contribution is -0.991. The summed E-state index contributed by atoms with van der Waals surface area (Å²) in [6, 6.07) is 9.73. The minimum Gasteiger partial charge on any atom is -0.595 e. The molecule has 29 heavy (non-hydrogen) atoms. The topological polar surface area (TPSA) is 91.5 Å². The van der Waals surface area contributed by atoms with Crippen LogP contribution in [-0.4, -0.2) is 54.1 Å². The van der Waals surface area contributed by atoms with Crippen LogP contribution in [0.15, 0.2) is 42.5 Å². The van der Waals surface area contributed by atoms with E-state index in [0.29, 0.717) is 29.8 Å². The molecule has 7 nitrogen and oxygen atoms in total. The second kappa shape index (κ2) is 11.1. The number of hydrogen-bond donors (Lipinski definition) is 3. The molecule has 2 rings (SSSR count). The number of quaternary nitrogens is 1. The number of rotatable bonds is 8. The molecule has 0 radical (unpaired) electrons. The fourth-order valence-corrected chi connectivity index (χ4v) is 2.83.